The Labute approximate surface area is 170 Å². The number of nitrogens with one attached hydrogen (secondary N) is 1. The van der Waals surface area contributed by atoms with E-state index in [-0.39, 0.29) is 23.0 Å². The summed E-state index contributed by atoms with van der Waals surface area (Å²) in [5.74, 6) is -0.828. The van der Waals surface area contributed by atoms with E-state index in [9.17, 15) is 18.0 Å². The van der Waals surface area contributed by atoms with Gasteiger partial charge in [-0.2, -0.15) is 0 Å². The lowest BCUT2D eigenvalue weighted by Crippen LogP contribution is -2.19. The third-order valence-corrected chi connectivity index (χ3v) is 5.62. The number of sulfonamides is 1. The van der Waals surface area contributed by atoms with Gasteiger partial charge in [-0.05, 0) is 50.2 Å². The van der Waals surface area contributed by atoms with E-state index in [0.29, 0.717) is 11.1 Å². The summed E-state index contributed by atoms with van der Waals surface area (Å²) in [6, 6.07) is 9.86. The Morgan fingerprint density at radius 2 is 1.83 bits per heavy atom. The van der Waals surface area contributed by atoms with Crippen molar-refractivity contribution < 1.29 is 27.5 Å². The summed E-state index contributed by atoms with van der Waals surface area (Å²) in [5, 5.41) is 0. The molecule has 0 aliphatic heterocycles. The van der Waals surface area contributed by atoms with E-state index in [1.165, 1.54) is 32.4 Å². The average molecular weight is 417 g/mol. The summed E-state index contributed by atoms with van der Waals surface area (Å²) in [7, 11) is -1.07. The number of ketones is 1. The molecule has 0 aromatic heterocycles. The van der Waals surface area contributed by atoms with Crippen LogP contribution in [-0.4, -0.2) is 40.9 Å². The van der Waals surface area contributed by atoms with Crippen LogP contribution in [0.4, 0.5) is 0 Å². The lowest BCUT2D eigenvalue weighted by atomic mass is 10.0. The van der Waals surface area contributed by atoms with Gasteiger partial charge < -0.3 is 9.47 Å². The second kappa shape index (κ2) is 9.49. The number of aryl methyl sites for hydroxylation is 2. The molecular weight excluding hydrogens is 394 g/mol. The molecule has 0 unspecified atom stereocenters. The van der Waals surface area contributed by atoms with Crippen molar-refractivity contribution in [3.63, 3.8) is 0 Å². The molecule has 7 nitrogen and oxygen atoms in total. The highest BCUT2D eigenvalue weighted by Crippen LogP contribution is 2.25. The SMILES string of the molecule is CNS(=O)(=O)c1cc(/C=C/C(=O)OCC(=O)c2ccc(C)cc2C)ccc1OC. The first-order valence-electron chi connectivity index (χ1n) is 8.75. The molecule has 0 heterocycles. The third kappa shape index (κ3) is 5.75. The maximum absolute atomic E-state index is 12.2. The molecule has 2 aromatic carbocycles. The van der Waals surface area contributed by atoms with Crippen LogP contribution >= 0.6 is 0 Å². The van der Waals surface area contributed by atoms with Crippen LogP contribution in [0.25, 0.3) is 6.08 Å². The lowest BCUT2D eigenvalue weighted by Gasteiger charge is -2.09. The van der Waals surface area contributed by atoms with Gasteiger partial charge in [0.25, 0.3) is 0 Å². The zero-order chi connectivity index (χ0) is 21.6. The van der Waals surface area contributed by atoms with Gasteiger partial charge in [0.15, 0.2) is 6.61 Å². The van der Waals surface area contributed by atoms with Crippen molar-refractivity contribution in [3.8, 4) is 5.75 Å². The number of benzene rings is 2. The van der Waals surface area contributed by atoms with E-state index in [2.05, 4.69) is 4.72 Å². The van der Waals surface area contributed by atoms with Crippen LogP contribution in [0.2, 0.25) is 0 Å². The van der Waals surface area contributed by atoms with Crippen molar-refractivity contribution in [1.29, 1.82) is 0 Å². The van der Waals surface area contributed by atoms with E-state index >= 15 is 0 Å². The first-order valence-corrected chi connectivity index (χ1v) is 10.2. The molecule has 0 spiro atoms. The van der Waals surface area contributed by atoms with Gasteiger partial charge in [0.2, 0.25) is 15.8 Å². The number of Topliss-reactive ketones (excluding diaryl/α,β-unsaturated/α-hetero) is 1. The highest BCUT2D eigenvalue weighted by molar-refractivity contribution is 7.89. The van der Waals surface area contributed by atoms with Gasteiger partial charge in [-0.3, -0.25) is 4.79 Å². The molecule has 2 rings (SSSR count). The molecule has 29 heavy (non-hydrogen) atoms. The fourth-order valence-electron chi connectivity index (χ4n) is 2.67. The number of carbonyl (C=O) groups is 2. The predicted molar refractivity (Wildman–Crippen MR) is 109 cm³/mol. The average Bonchev–Trinajstić information content (AvgIpc) is 2.70. The highest BCUT2D eigenvalue weighted by atomic mass is 32.2. The van der Waals surface area contributed by atoms with Crippen LogP contribution in [0.1, 0.15) is 27.0 Å². The van der Waals surface area contributed by atoms with Gasteiger partial charge >= 0.3 is 5.97 Å². The first kappa shape index (κ1) is 22.3. The van der Waals surface area contributed by atoms with Crippen molar-refractivity contribution in [3.05, 3.63) is 64.7 Å². The predicted octanol–water partition coefficient (Wildman–Crippen LogP) is 2.66. The fourth-order valence-corrected chi connectivity index (χ4v) is 3.60. The maximum atomic E-state index is 12.2. The summed E-state index contributed by atoms with van der Waals surface area (Å²) >= 11 is 0. The molecule has 0 saturated heterocycles. The third-order valence-electron chi connectivity index (χ3n) is 4.19. The van der Waals surface area contributed by atoms with Gasteiger partial charge in [-0.25, -0.2) is 17.9 Å². The Balaban J connectivity index is 2.07. The van der Waals surface area contributed by atoms with Crippen LogP contribution in [0.15, 0.2) is 47.4 Å². The van der Waals surface area contributed by atoms with Gasteiger partial charge in [0, 0.05) is 11.6 Å². The monoisotopic (exact) mass is 417 g/mol. The molecule has 0 atom stereocenters. The van der Waals surface area contributed by atoms with Gasteiger partial charge in [-0.15, -0.1) is 0 Å². The molecule has 1 N–H and O–H groups in total. The molecule has 0 bridgehead atoms. The fraction of sp³-hybridized carbons (Fsp3) is 0.238. The smallest absolute Gasteiger partial charge is 0.331 e. The molecular formula is C21H23NO6S. The largest absolute Gasteiger partial charge is 0.495 e. The van der Waals surface area contributed by atoms with Crippen molar-refractivity contribution in [2.45, 2.75) is 18.7 Å². The van der Waals surface area contributed by atoms with Crippen LogP contribution in [-0.2, 0) is 19.6 Å². The number of methoxy groups -OCH3 is 1. The van der Waals surface area contributed by atoms with Crippen molar-refractivity contribution >= 4 is 27.9 Å². The zero-order valence-corrected chi connectivity index (χ0v) is 17.5. The molecule has 0 aliphatic rings. The standard InChI is InChI=1S/C21H23NO6S/c1-14-5-8-17(15(2)11-14)18(23)13-28-21(24)10-7-16-6-9-19(27-4)20(12-16)29(25,26)22-3/h5-12,22H,13H2,1-4H3/b10-7+. The quantitative estimate of drug-likeness (QED) is 0.403. The first-order chi connectivity index (χ1) is 13.7. The Morgan fingerprint density at radius 3 is 2.45 bits per heavy atom. The molecule has 0 amide bonds. The molecule has 0 aliphatic carbocycles. The minimum absolute atomic E-state index is 0.0527. The summed E-state index contributed by atoms with van der Waals surface area (Å²) in [4.78, 5) is 24.1. The summed E-state index contributed by atoms with van der Waals surface area (Å²) in [6.07, 6.45) is 2.53. The van der Waals surface area contributed by atoms with Crippen molar-refractivity contribution in [2.75, 3.05) is 20.8 Å². The summed E-state index contributed by atoms with van der Waals surface area (Å²) in [5.41, 5.74) is 2.82. The van der Waals surface area contributed by atoms with Crippen LogP contribution in [0.5, 0.6) is 5.75 Å². The minimum Gasteiger partial charge on any atom is -0.495 e. The molecule has 154 valence electrons. The molecule has 2 aromatic rings. The molecule has 0 fully saturated rings. The molecule has 0 radical (unpaired) electrons. The van der Waals surface area contributed by atoms with Crippen molar-refractivity contribution in [2.24, 2.45) is 0 Å². The number of ether oxygens (including phenoxy) is 2. The van der Waals surface area contributed by atoms with Crippen LogP contribution in [0, 0.1) is 13.8 Å². The normalized spacial score (nSPS) is 11.4. The van der Waals surface area contributed by atoms with Crippen LogP contribution in [0.3, 0.4) is 0 Å². The Morgan fingerprint density at radius 1 is 1.10 bits per heavy atom. The molecule has 8 heteroatoms. The lowest BCUT2D eigenvalue weighted by molar-refractivity contribution is -0.136. The van der Waals surface area contributed by atoms with Gasteiger partial charge in [-0.1, -0.05) is 29.8 Å². The number of hydrogen-bond acceptors (Lipinski definition) is 6. The van der Waals surface area contributed by atoms with Gasteiger partial charge in [0.1, 0.15) is 10.6 Å². The Kier molecular flexibility index (Phi) is 7.30. The van der Waals surface area contributed by atoms with E-state index in [1.54, 1.807) is 12.1 Å². The maximum Gasteiger partial charge on any atom is 0.331 e. The second-order valence-corrected chi connectivity index (χ2v) is 8.16. The van der Waals surface area contributed by atoms with Gasteiger partial charge in [0.05, 0.1) is 7.11 Å². The van der Waals surface area contributed by atoms with E-state index < -0.39 is 16.0 Å². The van der Waals surface area contributed by atoms with Crippen molar-refractivity contribution in [1.82, 2.24) is 4.72 Å². The number of rotatable bonds is 8. The van der Waals surface area contributed by atoms with E-state index in [1.807, 2.05) is 26.0 Å². The highest BCUT2D eigenvalue weighted by Gasteiger charge is 2.18. The topological polar surface area (TPSA) is 98.8 Å². The Bertz CT molecular complexity index is 1060. The number of hydrogen-bond donors (Lipinski definition) is 1. The number of carbonyl (C=O) groups excluding carboxylic acids is 2. The summed E-state index contributed by atoms with van der Waals surface area (Å²) < 4.78 is 36.5. The Hall–Kier alpha value is -2.97. The zero-order valence-electron chi connectivity index (χ0n) is 16.7. The second-order valence-electron chi connectivity index (χ2n) is 6.30. The number of esters is 1. The summed E-state index contributed by atoms with van der Waals surface area (Å²) in [6.45, 7) is 3.37. The molecule has 0 saturated carbocycles. The van der Waals surface area contributed by atoms with E-state index in [0.717, 1.165) is 17.2 Å². The van der Waals surface area contributed by atoms with E-state index in [4.69, 9.17) is 9.47 Å². The minimum atomic E-state index is -3.73. The van der Waals surface area contributed by atoms with Crippen LogP contribution < -0.4 is 9.46 Å².